The first-order chi connectivity index (χ1) is 33.7. The molecule has 2 heterocycles. The third-order valence-corrected chi connectivity index (χ3v) is 14.6. The molecule has 0 radical (unpaired) electrons. The minimum Gasteiger partial charge on any atom is -0.458 e. The molecule has 0 amide bonds. The average Bonchev–Trinajstić information content (AvgIpc) is 3.97. The van der Waals surface area contributed by atoms with E-state index in [0.29, 0.717) is 0 Å². The molecule has 11 aromatic rings. The van der Waals surface area contributed by atoms with Crippen molar-refractivity contribution in [3.8, 4) is 0 Å². The molecule has 0 unspecified atom stereocenters. The number of para-hydroxylation sites is 5. The van der Waals surface area contributed by atoms with Gasteiger partial charge < -0.3 is 18.6 Å². The number of nitrogens with zero attached hydrogens (tertiary/aromatic N) is 2. The zero-order chi connectivity index (χ0) is 45.6. The summed E-state index contributed by atoms with van der Waals surface area (Å²) in [5.74, 6) is 1.08. The summed E-state index contributed by atoms with van der Waals surface area (Å²) in [5, 5.41) is 11.3. The Morgan fingerprint density at radius 3 is 1.53 bits per heavy atom. The topological polar surface area (TPSA) is 32.8 Å². The van der Waals surface area contributed by atoms with Crippen molar-refractivity contribution in [2.24, 2.45) is 0 Å². The lowest BCUT2D eigenvalue weighted by Gasteiger charge is -2.31. The van der Waals surface area contributed by atoms with E-state index in [1.54, 1.807) is 0 Å². The summed E-state index contributed by atoms with van der Waals surface area (Å²) in [4.78, 5) is 4.97. The van der Waals surface area contributed by atoms with Crippen LogP contribution < -0.4 is 9.80 Å². The lowest BCUT2D eigenvalue weighted by Crippen LogP contribution is -2.13. The Morgan fingerprint density at radius 1 is 0.426 bits per heavy atom. The van der Waals surface area contributed by atoms with Crippen LogP contribution in [-0.4, -0.2) is 0 Å². The van der Waals surface area contributed by atoms with Crippen LogP contribution in [0.1, 0.15) is 94.1 Å². The van der Waals surface area contributed by atoms with Crippen LogP contribution >= 0.6 is 0 Å². The lowest BCUT2D eigenvalue weighted by atomic mass is 9.85. The Labute approximate surface area is 399 Å². The molecule has 1 aliphatic carbocycles. The third-order valence-electron chi connectivity index (χ3n) is 14.6. The number of allylic oxidation sites excluding steroid dienone is 1. The van der Waals surface area contributed by atoms with E-state index in [2.05, 4.69) is 194 Å². The van der Waals surface area contributed by atoms with E-state index in [1.807, 2.05) is 0 Å². The van der Waals surface area contributed by atoms with Crippen molar-refractivity contribution in [2.75, 3.05) is 9.80 Å². The normalized spacial score (nSPS) is 12.7. The Balaban J connectivity index is 1.17. The molecule has 2 aromatic heterocycles. The highest BCUT2D eigenvalue weighted by Gasteiger charge is 2.28. The quantitative estimate of drug-likeness (QED) is 0.0715. The first-order valence-corrected chi connectivity index (χ1v) is 25.3. The molecule has 0 atom stereocenters. The van der Waals surface area contributed by atoms with E-state index in [-0.39, 0.29) is 0 Å². The van der Waals surface area contributed by atoms with Gasteiger partial charge in [0.1, 0.15) is 11.3 Å². The molecular formula is C64H58N2O2. The molecule has 9 aromatic carbocycles. The van der Waals surface area contributed by atoms with Crippen LogP contribution in [0.25, 0.3) is 71.3 Å². The summed E-state index contributed by atoms with van der Waals surface area (Å²) in [6.45, 7) is 4.61. The molecule has 0 saturated carbocycles. The second-order valence-corrected chi connectivity index (χ2v) is 18.9. The van der Waals surface area contributed by atoms with Crippen LogP contribution in [0, 0.1) is 0 Å². The standard InChI is InChI=1S/C64H58N2O2/c1-3-5-7-11-23-43-41-57(65(45-25-13-9-14-26-45)55-33-21-31-51-49-29-17-19-35-59(49)67-63(51)55)53-40-38-48-44(24-12-8-6-4-2)42-58(54-39-37-47(43)61(53)62(48)54)66(46-27-15-10-16-28-46)56-34-22-32-52-50-30-18-20-36-60(50)68-64(52)56/h9-10,13-19,21-22,25-35,37-42H,3-8,11-12,20,23-24,36H2,1-2H3. The van der Waals surface area contributed by atoms with E-state index in [4.69, 9.17) is 8.83 Å². The van der Waals surface area contributed by atoms with Gasteiger partial charge in [0.05, 0.1) is 22.7 Å². The number of aryl methyl sites for hydroxylation is 3. The maximum Gasteiger partial charge on any atom is 0.159 e. The number of unbranched alkanes of at least 4 members (excludes halogenated alkanes) is 6. The van der Waals surface area contributed by atoms with Gasteiger partial charge in [-0.25, -0.2) is 0 Å². The lowest BCUT2D eigenvalue weighted by molar-refractivity contribution is 0.546. The molecule has 4 nitrogen and oxygen atoms in total. The van der Waals surface area contributed by atoms with Crippen LogP contribution in [0.5, 0.6) is 0 Å². The summed E-state index contributed by atoms with van der Waals surface area (Å²) >= 11 is 0. The minimum atomic E-state index is 0.896. The van der Waals surface area contributed by atoms with Gasteiger partial charge in [-0.1, -0.05) is 168 Å². The number of benzene rings is 9. The molecule has 0 fully saturated rings. The number of furan rings is 2. The fraction of sp³-hybridized carbons (Fsp3) is 0.219. The number of anilines is 6. The molecule has 0 spiro atoms. The monoisotopic (exact) mass is 886 g/mol. The zero-order valence-corrected chi connectivity index (χ0v) is 39.4. The summed E-state index contributed by atoms with van der Waals surface area (Å²) in [7, 11) is 0. The van der Waals surface area contributed by atoms with Crippen LogP contribution in [0.2, 0.25) is 0 Å². The van der Waals surface area contributed by atoms with E-state index in [1.165, 1.54) is 104 Å². The smallest absolute Gasteiger partial charge is 0.159 e. The van der Waals surface area contributed by atoms with Gasteiger partial charge >= 0.3 is 0 Å². The molecule has 12 rings (SSSR count). The van der Waals surface area contributed by atoms with Crippen LogP contribution in [0.4, 0.5) is 34.1 Å². The zero-order valence-electron chi connectivity index (χ0n) is 39.4. The summed E-state index contributed by atoms with van der Waals surface area (Å²) in [6.07, 6.45) is 18.1. The van der Waals surface area contributed by atoms with Gasteiger partial charge in [-0.2, -0.15) is 0 Å². The molecule has 336 valence electrons. The maximum atomic E-state index is 6.93. The third kappa shape index (κ3) is 7.20. The number of fused-ring (bicyclic) bond motifs is 6. The van der Waals surface area contributed by atoms with Crippen molar-refractivity contribution < 1.29 is 8.83 Å². The first kappa shape index (κ1) is 42.1. The second kappa shape index (κ2) is 18.1. The van der Waals surface area contributed by atoms with Gasteiger partial charge in [-0.05, 0) is 119 Å². The van der Waals surface area contributed by atoms with Gasteiger partial charge in [0.25, 0.3) is 0 Å². The highest BCUT2D eigenvalue weighted by Crippen LogP contribution is 2.52. The van der Waals surface area contributed by atoms with Gasteiger partial charge in [0.2, 0.25) is 0 Å². The van der Waals surface area contributed by atoms with Gasteiger partial charge in [-0.3, -0.25) is 0 Å². The molecular weight excluding hydrogens is 829 g/mol. The number of hydrogen-bond donors (Lipinski definition) is 0. The molecule has 1 aliphatic rings. The van der Waals surface area contributed by atoms with Crippen LogP contribution in [-0.2, 0) is 19.3 Å². The Hall–Kier alpha value is -7.30. The van der Waals surface area contributed by atoms with Gasteiger partial charge in [0, 0.05) is 50.3 Å². The average molecular weight is 887 g/mol. The first-order valence-electron chi connectivity index (χ1n) is 25.3. The highest BCUT2D eigenvalue weighted by molar-refractivity contribution is 6.30. The molecule has 68 heavy (non-hydrogen) atoms. The number of rotatable bonds is 16. The van der Waals surface area contributed by atoms with Crippen molar-refractivity contribution in [3.05, 3.63) is 186 Å². The van der Waals surface area contributed by atoms with Crippen LogP contribution in [0.3, 0.4) is 0 Å². The summed E-state index contributed by atoms with van der Waals surface area (Å²) in [6, 6.07) is 58.4. The van der Waals surface area contributed by atoms with Crippen molar-refractivity contribution in [3.63, 3.8) is 0 Å². The predicted molar refractivity (Wildman–Crippen MR) is 290 cm³/mol. The maximum absolute atomic E-state index is 6.93. The van der Waals surface area contributed by atoms with Crippen molar-refractivity contribution in [1.29, 1.82) is 0 Å². The molecule has 0 bridgehead atoms. The van der Waals surface area contributed by atoms with Gasteiger partial charge in [0.15, 0.2) is 11.2 Å². The minimum absolute atomic E-state index is 0.896. The summed E-state index contributed by atoms with van der Waals surface area (Å²) < 4.78 is 13.8. The number of hydrogen-bond acceptors (Lipinski definition) is 4. The Bertz CT molecular complexity index is 3620. The SMILES string of the molecule is CCCCCCc1cc(N(c2ccccc2)c2cccc3c4c(oc23)CCC=C4)c2ccc3c(CCCCCC)cc(N(c4ccccc4)c4cccc5c4oc4ccccc45)c4ccc1c2c34. The molecule has 0 saturated heterocycles. The van der Waals surface area contributed by atoms with E-state index < -0.39 is 0 Å². The van der Waals surface area contributed by atoms with Crippen molar-refractivity contribution >= 4 is 105 Å². The second-order valence-electron chi connectivity index (χ2n) is 18.9. The highest BCUT2D eigenvalue weighted by atomic mass is 16.3. The Morgan fingerprint density at radius 2 is 0.941 bits per heavy atom. The molecule has 0 aliphatic heterocycles. The Kier molecular flexibility index (Phi) is 11.2. The fourth-order valence-corrected chi connectivity index (χ4v) is 11.4. The molecule has 0 N–H and O–H groups in total. The van der Waals surface area contributed by atoms with E-state index in [9.17, 15) is 0 Å². The van der Waals surface area contributed by atoms with Gasteiger partial charge in [-0.15, -0.1) is 0 Å². The fourth-order valence-electron chi connectivity index (χ4n) is 11.4. The van der Waals surface area contributed by atoms with Crippen molar-refractivity contribution in [1.82, 2.24) is 0 Å². The summed E-state index contributed by atoms with van der Waals surface area (Å²) in [5.41, 5.74) is 13.4. The molecule has 4 heteroatoms. The largest absolute Gasteiger partial charge is 0.458 e. The van der Waals surface area contributed by atoms with Crippen molar-refractivity contribution in [2.45, 2.75) is 90.9 Å². The van der Waals surface area contributed by atoms with E-state index >= 15 is 0 Å². The van der Waals surface area contributed by atoms with Crippen LogP contribution in [0.15, 0.2) is 173 Å². The van der Waals surface area contributed by atoms with E-state index in [0.717, 1.165) is 94.6 Å². The predicted octanol–water partition coefficient (Wildman–Crippen LogP) is 19.4.